The van der Waals surface area contributed by atoms with Crippen molar-refractivity contribution in [1.82, 2.24) is 24.8 Å². The number of hydrogen-bond donors (Lipinski definition) is 2. The number of nitrogens with one attached hydrogen (secondary N) is 2. The molecule has 1 saturated heterocycles. The highest BCUT2D eigenvalue weighted by Crippen LogP contribution is 2.39. The molecule has 2 fully saturated rings. The van der Waals surface area contributed by atoms with Crippen LogP contribution in [0.5, 0.6) is 0 Å². The molecule has 0 spiro atoms. The van der Waals surface area contributed by atoms with Gasteiger partial charge in [-0.25, -0.2) is 44.8 Å². The summed E-state index contributed by atoms with van der Waals surface area (Å²) in [6.07, 6.45) is 22.4. The third kappa shape index (κ3) is 6.40. The maximum absolute atomic E-state index is 5.04. The zero-order valence-electron chi connectivity index (χ0n) is 28.3. The molecule has 6 heterocycles. The smallest absolute Gasteiger partial charge is 0.239 e. The molecule has 5 aliphatic rings. The van der Waals surface area contributed by atoms with E-state index in [9.17, 15) is 0 Å². The van der Waals surface area contributed by atoms with Gasteiger partial charge in [-0.3, -0.25) is 0 Å². The minimum atomic E-state index is 0.514. The Bertz CT molecular complexity index is 2010. The summed E-state index contributed by atoms with van der Waals surface area (Å²) in [5.74, 6) is 2.84. The summed E-state index contributed by atoms with van der Waals surface area (Å²) in [7, 11) is 0. The number of rotatable bonds is 8. The van der Waals surface area contributed by atoms with Gasteiger partial charge in [0.15, 0.2) is 0 Å². The molecule has 12 heteroatoms. The second-order valence-electron chi connectivity index (χ2n) is 13.4. The van der Waals surface area contributed by atoms with Crippen LogP contribution in [0.25, 0.3) is 5.70 Å². The van der Waals surface area contributed by atoms with Gasteiger partial charge in [-0.05, 0) is 92.1 Å². The Kier molecular flexibility index (Phi) is 8.32. The van der Waals surface area contributed by atoms with Crippen LogP contribution in [-0.2, 0) is 0 Å². The Hall–Kier alpha value is -6.04. The van der Waals surface area contributed by atoms with E-state index < -0.39 is 0 Å². The van der Waals surface area contributed by atoms with Gasteiger partial charge in [0, 0.05) is 54.2 Å². The van der Waals surface area contributed by atoms with Gasteiger partial charge in [0.1, 0.15) is 18.5 Å². The predicted octanol–water partition coefficient (Wildman–Crippen LogP) is 7.59. The van der Waals surface area contributed by atoms with Crippen LogP contribution >= 0.6 is 0 Å². The van der Waals surface area contributed by atoms with Crippen molar-refractivity contribution < 1.29 is 0 Å². The Balaban J connectivity index is 1.12. The molecule has 9 rings (SSSR count). The average Bonchev–Trinajstić information content (AvgIpc) is 3.19. The fraction of sp³-hybridized carbons (Fsp3) is 0.282. The molecule has 1 saturated carbocycles. The first-order chi connectivity index (χ1) is 25.2. The van der Waals surface area contributed by atoms with E-state index >= 15 is 0 Å². The number of aliphatic imine (C=N–C) groups is 4. The first-order valence-corrected chi connectivity index (χ1v) is 17.9. The molecule has 4 aromatic rings. The number of nitrogens with zero attached hydrogens (tertiary/aromatic N) is 10. The molecular formula is C39H38N12. The second kappa shape index (κ2) is 13.7. The quantitative estimate of drug-likeness (QED) is 0.196. The fourth-order valence-corrected chi connectivity index (χ4v) is 7.51. The minimum Gasteiger partial charge on any atom is -0.371 e. The summed E-state index contributed by atoms with van der Waals surface area (Å²) < 4.78 is 0. The Morgan fingerprint density at radius 3 is 2.37 bits per heavy atom. The predicted molar refractivity (Wildman–Crippen MR) is 203 cm³/mol. The standard InChI is InChI=1S/C39H38N12/c1-3-8-26(9-4-1)27-10-12-30(32(20-27)46-36-14-17-40-24-43-36)34-22-29-23-35(49-39-45-25-44-38(48-34)51(29)39)31-13-11-28(50-18-5-2-6-19-50)21-33(31)47-37-41-15-7-16-42-37/h7,10-17,20-26H,1-6,8-9,18-19H2,(H,40,43,46)(H,41,42,47). The minimum absolute atomic E-state index is 0.514. The molecule has 0 amide bonds. The largest absolute Gasteiger partial charge is 0.371 e. The van der Waals surface area contributed by atoms with Crippen molar-refractivity contribution in [1.29, 1.82) is 0 Å². The Morgan fingerprint density at radius 1 is 0.706 bits per heavy atom. The van der Waals surface area contributed by atoms with Gasteiger partial charge in [0.2, 0.25) is 17.9 Å². The zero-order valence-corrected chi connectivity index (χ0v) is 28.3. The molecule has 0 atom stereocenters. The summed E-state index contributed by atoms with van der Waals surface area (Å²) in [4.78, 5) is 41.1. The van der Waals surface area contributed by atoms with Gasteiger partial charge in [0.05, 0.1) is 22.8 Å². The number of aromatic nitrogens is 4. The van der Waals surface area contributed by atoms with Crippen molar-refractivity contribution in [2.75, 3.05) is 28.6 Å². The molecule has 1 aliphatic carbocycles. The SMILES string of the molecule is C1=NC2=NC(c3ccc(C4CCCCC4)cc3Nc3ccncn3)=CC3=CC(c4ccc(N5CCCCC5)cc4Nc4ncccn4)=NC(=N1)N32. The summed E-state index contributed by atoms with van der Waals surface area (Å²) in [6, 6.07) is 16.9. The first-order valence-electron chi connectivity index (χ1n) is 17.9. The van der Waals surface area contributed by atoms with E-state index in [1.165, 1.54) is 69.0 Å². The maximum atomic E-state index is 5.04. The molecule has 4 aliphatic heterocycles. The van der Waals surface area contributed by atoms with Gasteiger partial charge >= 0.3 is 0 Å². The van der Waals surface area contributed by atoms with Gasteiger partial charge in [-0.2, -0.15) is 0 Å². The van der Waals surface area contributed by atoms with E-state index in [-0.39, 0.29) is 0 Å². The molecule has 0 unspecified atom stereocenters. The summed E-state index contributed by atoms with van der Waals surface area (Å²) >= 11 is 0. The van der Waals surface area contributed by atoms with Gasteiger partial charge in [-0.15, -0.1) is 0 Å². The number of piperidine rings is 1. The van der Waals surface area contributed by atoms with Crippen LogP contribution in [-0.4, -0.2) is 61.9 Å². The van der Waals surface area contributed by atoms with Crippen molar-refractivity contribution in [2.24, 2.45) is 20.0 Å². The number of guanidine groups is 2. The molecule has 12 nitrogen and oxygen atoms in total. The first kappa shape index (κ1) is 31.0. The van der Waals surface area contributed by atoms with E-state index in [2.05, 4.69) is 94.0 Å². The van der Waals surface area contributed by atoms with Crippen LogP contribution in [0.15, 0.2) is 111 Å². The van der Waals surface area contributed by atoms with Gasteiger partial charge < -0.3 is 15.5 Å². The highest BCUT2D eigenvalue weighted by atomic mass is 15.4. The van der Waals surface area contributed by atoms with E-state index in [0.717, 1.165) is 58.5 Å². The lowest BCUT2D eigenvalue weighted by molar-refractivity contribution is 0.444. The van der Waals surface area contributed by atoms with Crippen LogP contribution in [0.3, 0.4) is 0 Å². The maximum Gasteiger partial charge on any atom is 0.239 e. The number of hydrogen-bond acceptors (Lipinski definition) is 12. The third-order valence-electron chi connectivity index (χ3n) is 10.1. The number of benzene rings is 2. The average molecular weight is 675 g/mol. The zero-order chi connectivity index (χ0) is 34.0. The lowest BCUT2D eigenvalue weighted by Gasteiger charge is -2.32. The highest BCUT2D eigenvalue weighted by molar-refractivity contribution is 6.24. The number of allylic oxidation sites excluding steroid dienone is 2. The molecular weight excluding hydrogens is 637 g/mol. The molecule has 2 aromatic carbocycles. The van der Waals surface area contributed by atoms with Crippen molar-refractivity contribution in [3.63, 3.8) is 0 Å². The van der Waals surface area contributed by atoms with Crippen LogP contribution in [0, 0.1) is 0 Å². The Morgan fingerprint density at radius 2 is 1.53 bits per heavy atom. The van der Waals surface area contributed by atoms with Crippen molar-refractivity contribution in [2.45, 2.75) is 57.3 Å². The molecule has 254 valence electrons. The van der Waals surface area contributed by atoms with Crippen LogP contribution in [0.2, 0.25) is 0 Å². The molecule has 0 bridgehead atoms. The molecule has 51 heavy (non-hydrogen) atoms. The van der Waals surface area contributed by atoms with E-state index in [1.807, 2.05) is 17.0 Å². The molecule has 0 radical (unpaired) electrons. The monoisotopic (exact) mass is 674 g/mol. The third-order valence-corrected chi connectivity index (χ3v) is 10.1. The second-order valence-corrected chi connectivity index (χ2v) is 13.4. The van der Waals surface area contributed by atoms with Crippen LogP contribution in [0.4, 0.5) is 28.8 Å². The normalized spacial score (nSPS) is 18.5. The molecule has 2 aromatic heterocycles. The summed E-state index contributed by atoms with van der Waals surface area (Å²) in [5.41, 5.74) is 8.64. The van der Waals surface area contributed by atoms with Crippen molar-refractivity contribution in [3.05, 3.63) is 108 Å². The fourth-order valence-electron chi connectivity index (χ4n) is 7.51. The number of anilines is 5. The lowest BCUT2D eigenvalue weighted by atomic mass is 9.83. The van der Waals surface area contributed by atoms with Gasteiger partial charge in [0.25, 0.3) is 0 Å². The van der Waals surface area contributed by atoms with E-state index in [4.69, 9.17) is 9.98 Å². The van der Waals surface area contributed by atoms with E-state index in [1.54, 1.807) is 24.9 Å². The summed E-state index contributed by atoms with van der Waals surface area (Å²) in [6.45, 7) is 2.09. The summed E-state index contributed by atoms with van der Waals surface area (Å²) in [5, 5.41) is 7.05. The van der Waals surface area contributed by atoms with Crippen LogP contribution < -0.4 is 15.5 Å². The van der Waals surface area contributed by atoms with Crippen molar-refractivity contribution >= 4 is 58.5 Å². The van der Waals surface area contributed by atoms with Crippen molar-refractivity contribution in [3.8, 4) is 0 Å². The Labute approximate surface area is 296 Å². The topological polar surface area (TPSA) is 132 Å². The van der Waals surface area contributed by atoms with E-state index in [0.29, 0.717) is 23.8 Å². The molecule has 2 N–H and O–H groups in total. The van der Waals surface area contributed by atoms with Gasteiger partial charge in [-0.1, -0.05) is 31.4 Å². The highest BCUT2D eigenvalue weighted by Gasteiger charge is 2.32. The lowest BCUT2D eigenvalue weighted by Crippen LogP contribution is -2.40. The van der Waals surface area contributed by atoms with Crippen LogP contribution in [0.1, 0.15) is 74.0 Å².